The van der Waals surface area contributed by atoms with Crippen LogP contribution in [0.25, 0.3) is 0 Å². The van der Waals surface area contributed by atoms with Crippen LogP contribution in [0.15, 0.2) is 23.2 Å². The Bertz CT molecular complexity index is 475. The van der Waals surface area contributed by atoms with Gasteiger partial charge in [-0.25, -0.2) is 8.78 Å². The van der Waals surface area contributed by atoms with Crippen LogP contribution in [0.4, 0.5) is 8.78 Å². The molecule has 0 saturated heterocycles. The predicted molar refractivity (Wildman–Crippen MR) is 70.2 cm³/mol. The summed E-state index contributed by atoms with van der Waals surface area (Å²) in [6.07, 6.45) is 2.86. The van der Waals surface area contributed by atoms with Gasteiger partial charge in [-0.2, -0.15) is 0 Å². The summed E-state index contributed by atoms with van der Waals surface area (Å²) in [6.45, 7) is 1.82. The summed E-state index contributed by atoms with van der Waals surface area (Å²) >= 11 is 0. The Kier molecular flexibility index (Phi) is 3.36. The number of aliphatic imine (C=N–C) groups is 1. The van der Waals surface area contributed by atoms with E-state index in [1.165, 1.54) is 12.1 Å². The predicted octanol–water partition coefficient (Wildman–Crippen LogP) is 2.15. The molecule has 0 bridgehead atoms. The lowest BCUT2D eigenvalue weighted by molar-refractivity contribution is 0.319. The summed E-state index contributed by atoms with van der Waals surface area (Å²) in [7, 11) is 0. The molecule has 1 aliphatic carbocycles. The van der Waals surface area contributed by atoms with Crippen LogP contribution in [-0.4, -0.2) is 25.1 Å². The van der Waals surface area contributed by atoms with Gasteiger partial charge in [0.1, 0.15) is 11.6 Å². The zero-order chi connectivity index (χ0) is 13.2. The number of rotatable bonds is 2. The average Bonchev–Trinajstić information content (AvgIpc) is 2.33. The molecule has 1 heterocycles. The average molecular weight is 265 g/mol. The summed E-state index contributed by atoms with van der Waals surface area (Å²) in [5.74, 6) is 0.112. The van der Waals surface area contributed by atoms with E-state index in [9.17, 15) is 8.78 Å². The molecule has 1 fully saturated rings. The maximum atomic E-state index is 13.1. The minimum absolute atomic E-state index is 0.242. The van der Waals surface area contributed by atoms with E-state index in [2.05, 4.69) is 15.6 Å². The molecular weight excluding hydrogens is 248 g/mol. The number of benzene rings is 1. The molecule has 0 unspecified atom stereocenters. The standard InChI is InChI=1S/C14H17F2N3/c15-11-4-9(5-12(16)8-11)10-6-13(7-10)19-14-17-2-1-3-18-14/h4-5,8,10,13H,1-3,6-7H2,(H2,17,18,19). The van der Waals surface area contributed by atoms with Crippen molar-refractivity contribution in [1.82, 2.24) is 10.6 Å². The topological polar surface area (TPSA) is 36.4 Å². The third-order valence-corrected chi connectivity index (χ3v) is 3.73. The highest BCUT2D eigenvalue weighted by atomic mass is 19.1. The van der Waals surface area contributed by atoms with E-state index in [1.54, 1.807) is 0 Å². The van der Waals surface area contributed by atoms with Crippen molar-refractivity contribution in [3.05, 3.63) is 35.4 Å². The van der Waals surface area contributed by atoms with Gasteiger partial charge in [0.25, 0.3) is 0 Å². The highest BCUT2D eigenvalue weighted by Gasteiger charge is 2.31. The molecule has 0 radical (unpaired) electrons. The fraction of sp³-hybridized carbons (Fsp3) is 0.500. The molecule has 19 heavy (non-hydrogen) atoms. The molecule has 5 heteroatoms. The zero-order valence-corrected chi connectivity index (χ0v) is 10.6. The van der Waals surface area contributed by atoms with Gasteiger partial charge in [0.2, 0.25) is 0 Å². The third-order valence-electron chi connectivity index (χ3n) is 3.73. The lowest BCUT2D eigenvalue weighted by atomic mass is 9.76. The molecule has 102 valence electrons. The fourth-order valence-corrected chi connectivity index (χ4v) is 2.64. The molecule has 0 amide bonds. The van der Waals surface area contributed by atoms with Crippen LogP contribution >= 0.6 is 0 Å². The van der Waals surface area contributed by atoms with Crippen molar-refractivity contribution in [2.24, 2.45) is 4.99 Å². The highest BCUT2D eigenvalue weighted by Crippen LogP contribution is 2.37. The molecule has 0 atom stereocenters. The van der Waals surface area contributed by atoms with Crippen molar-refractivity contribution in [3.8, 4) is 0 Å². The largest absolute Gasteiger partial charge is 0.356 e. The van der Waals surface area contributed by atoms with Gasteiger partial charge in [-0.05, 0) is 42.9 Å². The number of nitrogens with one attached hydrogen (secondary N) is 2. The van der Waals surface area contributed by atoms with Crippen molar-refractivity contribution in [3.63, 3.8) is 0 Å². The Balaban J connectivity index is 1.56. The summed E-state index contributed by atoms with van der Waals surface area (Å²) in [4.78, 5) is 4.35. The number of nitrogens with zero attached hydrogens (tertiary/aromatic N) is 1. The van der Waals surface area contributed by atoms with E-state index in [4.69, 9.17) is 0 Å². The molecule has 0 aromatic heterocycles. The van der Waals surface area contributed by atoms with Crippen molar-refractivity contribution in [2.75, 3.05) is 13.1 Å². The number of hydrogen-bond donors (Lipinski definition) is 2. The minimum atomic E-state index is -0.496. The summed E-state index contributed by atoms with van der Waals surface area (Å²) in [5.41, 5.74) is 0.758. The second-order valence-corrected chi connectivity index (χ2v) is 5.22. The molecule has 2 N–H and O–H groups in total. The third kappa shape index (κ3) is 2.85. The van der Waals surface area contributed by atoms with Crippen LogP contribution in [-0.2, 0) is 0 Å². The van der Waals surface area contributed by atoms with Crippen molar-refractivity contribution in [1.29, 1.82) is 0 Å². The van der Waals surface area contributed by atoms with Gasteiger partial charge >= 0.3 is 0 Å². The lowest BCUT2D eigenvalue weighted by Crippen LogP contribution is -2.50. The second-order valence-electron chi connectivity index (χ2n) is 5.22. The minimum Gasteiger partial charge on any atom is -0.356 e. The van der Waals surface area contributed by atoms with Gasteiger partial charge in [-0.1, -0.05) is 0 Å². The Hall–Kier alpha value is -1.65. The van der Waals surface area contributed by atoms with Crippen LogP contribution in [0.5, 0.6) is 0 Å². The highest BCUT2D eigenvalue weighted by molar-refractivity contribution is 5.80. The molecule has 1 aliphatic heterocycles. The summed E-state index contributed by atoms with van der Waals surface area (Å²) in [6, 6.07) is 4.12. The Morgan fingerprint density at radius 2 is 1.89 bits per heavy atom. The molecule has 0 spiro atoms. The molecule has 1 aromatic rings. The second kappa shape index (κ2) is 5.15. The zero-order valence-electron chi connectivity index (χ0n) is 10.6. The van der Waals surface area contributed by atoms with E-state index in [-0.39, 0.29) is 5.92 Å². The first-order valence-electron chi connectivity index (χ1n) is 6.71. The van der Waals surface area contributed by atoms with E-state index in [1.807, 2.05) is 0 Å². The molecule has 1 saturated carbocycles. The molecule has 3 nitrogen and oxygen atoms in total. The van der Waals surface area contributed by atoms with E-state index in [0.29, 0.717) is 6.04 Å². The summed E-state index contributed by atoms with van der Waals surface area (Å²) in [5, 5.41) is 6.55. The SMILES string of the molecule is Fc1cc(F)cc(C2CC(NC3=NCCCN3)C2)c1. The van der Waals surface area contributed by atoms with Gasteiger partial charge < -0.3 is 10.6 Å². The monoisotopic (exact) mass is 265 g/mol. The maximum absolute atomic E-state index is 13.1. The Morgan fingerprint density at radius 3 is 2.53 bits per heavy atom. The van der Waals surface area contributed by atoms with E-state index >= 15 is 0 Å². The lowest BCUT2D eigenvalue weighted by Gasteiger charge is -2.37. The number of guanidine groups is 1. The fourth-order valence-electron chi connectivity index (χ4n) is 2.64. The first kappa shape index (κ1) is 12.4. The van der Waals surface area contributed by atoms with Crippen LogP contribution < -0.4 is 10.6 Å². The normalized spacial score (nSPS) is 26.1. The molecule has 2 aliphatic rings. The van der Waals surface area contributed by atoms with Crippen molar-refractivity contribution >= 4 is 5.96 Å². The first-order valence-corrected chi connectivity index (χ1v) is 6.71. The number of hydrogen-bond acceptors (Lipinski definition) is 3. The van der Waals surface area contributed by atoms with E-state index in [0.717, 1.165) is 49.9 Å². The quantitative estimate of drug-likeness (QED) is 0.859. The van der Waals surface area contributed by atoms with Gasteiger partial charge in [-0.3, -0.25) is 4.99 Å². The van der Waals surface area contributed by atoms with Gasteiger partial charge in [-0.15, -0.1) is 0 Å². The van der Waals surface area contributed by atoms with Crippen LogP contribution in [0, 0.1) is 11.6 Å². The van der Waals surface area contributed by atoms with Crippen LogP contribution in [0.3, 0.4) is 0 Å². The Labute approximate surface area is 111 Å². The molecule has 1 aromatic carbocycles. The summed E-state index contributed by atoms with van der Waals surface area (Å²) < 4.78 is 26.3. The van der Waals surface area contributed by atoms with Gasteiger partial charge in [0, 0.05) is 25.2 Å². The van der Waals surface area contributed by atoms with E-state index < -0.39 is 11.6 Å². The Morgan fingerprint density at radius 1 is 1.16 bits per heavy atom. The van der Waals surface area contributed by atoms with Gasteiger partial charge in [0.15, 0.2) is 5.96 Å². The van der Waals surface area contributed by atoms with Crippen molar-refractivity contribution < 1.29 is 8.78 Å². The molecule has 3 rings (SSSR count). The van der Waals surface area contributed by atoms with Crippen molar-refractivity contribution in [2.45, 2.75) is 31.2 Å². The smallest absolute Gasteiger partial charge is 0.191 e. The number of halogens is 2. The van der Waals surface area contributed by atoms with Crippen LogP contribution in [0.2, 0.25) is 0 Å². The van der Waals surface area contributed by atoms with Gasteiger partial charge in [0.05, 0.1) is 0 Å². The first-order chi connectivity index (χ1) is 9.20. The van der Waals surface area contributed by atoms with Crippen LogP contribution in [0.1, 0.15) is 30.7 Å². The maximum Gasteiger partial charge on any atom is 0.191 e. The molecular formula is C14H17F2N3.